The van der Waals surface area contributed by atoms with Crippen LogP contribution >= 0.6 is 27.7 Å². The summed E-state index contributed by atoms with van der Waals surface area (Å²) in [6.45, 7) is 0. The highest BCUT2D eigenvalue weighted by molar-refractivity contribution is 9.10. The van der Waals surface area contributed by atoms with Gasteiger partial charge >= 0.3 is 0 Å². The van der Waals surface area contributed by atoms with Gasteiger partial charge in [0, 0.05) is 29.4 Å². The van der Waals surface area contributed by atoms with Crippen LogP contribution in [0.1, 0.15) is 10.4 Å². The Balaban J connectivity index is 2.34. The maximum Gasteiger partial charge on any atom is 0.251 e. The van der Waals surface area contributed by atoms with Crippen molar-refractivity contribution in [2.24, 2.45) is 0 Å². The van der Waals surface area contributed by atoms with Gasteiger partial charge in [-0.2, -0.15) is 0 Å². The Kier molecular flexibility index (Phi) is 4.44. The number of carbonyl (C=O) groups is 1. The molecule has 2 aromatic rings. The first-order chi connectivity index (χ1) is 9.11. The van der Waals surface area contributed by atoms with Gasteiger partial charge in [0.25, 0.3) is 5.91 Å². The van der Waals surface area contributed by atoms with Crippen molar-refractivity contribution >= 4 is 39.3 Å². The predicted molar refractivity (Wildman–Crippen MR) is 80.3 cm³/mol. The third kappa shape index (κ3) is 3.27. The molecule has 98 valence electrons. The van der Waals surface area contributed by atoms with Gasteiger partial charge in [-0.3, -0.25) is 4.79 Å². The van der Waals surface area contributed by atoms with Crippen LogP contribution in [0.3, 0.4) is 0 Å². The topological polar surface area (TPSA) is 68.0 Å². The second kappa shape index (κ2) is 6.08. The molecule has 0 unspecified atom stereocenters. The number of nitrogens with zero attached hydrogens (tertiary/aromatic N) is 1. The molecule has 0 radical (unpaired) electrons. The molecule has 0 saturated carbocycles. The van der Waals surface area contributed by atoms with Crippen molar-refractivity contribution in [3.63, 3.8) is 0 Å². The second-order valence-electron chi connectivity index (χ2n) is 3.72. The van der Waals surface area contributed by atoms with E-state index >= 15 is 0 Å². The minimum Gasteiger partial charge on any atom is -0.398 e. The number of halogens is 1. The number of nitrogen functional groups attached to an aromatic ring is 1. The molecule has 4 nitrogen and oxygen atoms in total. The van der Waals surface area contributed by atoms with Crippen LogP contribution in [0, 0.1) is 0 Å². The average Bonchev–Trinajstić information content (AvgIpc) is 2.42. The van der Waals surface area contributed by atoms with Gasteiger partial charge in [-0.15, -0.1) is 0 Å². The summed E-state index contributed by atoms with van der Waals surface area (Å²) in [5.41, 5.74) is 7.13. The molecule has 0 atom stereocenters. The Morgan fingerprint density at radius 2 is 2.21 bits per heavy atom. The highest BCUT2D eigenvalue weighted by atomic mass is 79.9. The summed E-state index contributed by atoms with van der Waals surface area (Å²) in [6.07, 6.45) is 1.71. The molecule has 0 aliphatic heterocycles. The summed E-state index contributed by atoms with van der Waals surface area (Å²) < 4.78 is 0.893. The molecule has 0 aliphatic rings. The zero-order chi connectivity index (χ0) is 13.8. The standard InChI is InChI=1S/C13H12BrN3OS/c1-16-12(18)8-4-5-10(15)11(7-8)19-13-9(14)3-2-6-17-13/h2-7H,15H2,1H3,(H,16,18). The van der Waals surface area contributed by atoms with E-state index in [0.29, 0.717) is 11.3 Å². The quantitative estimate of drug-likeness (QED) is 0.845. The van der Waals surface area contributed by atoms with Crippen LogP contribution in [0.2, 0.25) is 0 Å². The summed E-state index contributed by atoms with van der Waals surface area (Å²) in [5, 5.41) is 3.40. The molecule has 6 heteroatoms. The van der Waals surface area contributed by atoms with Crippen LogP contribution in [0.5, 0.6) is 0 Å². The Hall–Kier alpha value is -1.53. The van der Waals surface area contributed by atoms with Gasteiger partial charge in [0.05, 0.1) is 4.47 Å². The molecule has 3 N–H and O–H groups in total. The molecule has 1 heterocycles. The zero-order valence-electron chi connectivity index (χ0n) is 10.2. The lowest BCUT2D eigenvalue weighted by molar-refractivity contribution is 0.0963. The van der Waals surface area contributed by atoms with Gasteiger partial charge in [-0.1, -0.05) is 11.8 Å². The van der Waals surface area contributed by atoms with E-state index in [2.05, 4.69) is 26.2 Å². The third-order valence-corrected chi connectivity index (χ3v) is 4.43. The van der Waals surface area contributed by atoms with E-state index in [4.69, 9.17) is 5.73 Å². The number of hydrogen-bond acceptors (Lipinski definition) is 4. The van der Waals surface area contributed by atoms with E-state index in [1.54, 1.807) is 31.4 Å². The minimum absolute atomic E-state index is 0.137. The molecular weight excluding hydrogens is 326 g/mol. The zero-order valence-corrected chi connectivity index (χ0v) is 12.6. The van der Waals surface area contributed by atoms with Crippen molar-refractivity contribution in [3.8, 4) is 0 Å². The number of nitrogens with one attached hydrogen (secondary N) is 1. The first-order valence-electron chi connectivity index (χ1n) is 5.52. The van der Waals surface area contributed by atoms with Gasteiger partial charge < -0.3 is 11.1 Å². The van der Waals surface area contributed by atoms with Gasteiger partial charge in [0.2, 0.25) is 0 Å². The first-order valence-corrected chi connectivity index (χ1v) is 7.12. The van der Waals surface area contributed by atoms with E-state index < -0.39 is 0 Å². The van der Waals surface area contributed by atoms with Crippen molar-refractivity contribution in [2.45, 2.75) is 9.92 Å². The lowest BCUT2D eigenvalue weighted by Gasteiger charge is -2.08. The fourth-order valence-corrected chi connectivity index (χ4v) is 2.82. The molecule has 1 amide bonds. The molecule has 1 aromatic heterocycles. The number of amides is 1. The molecular formula is C13H12BrN3OS. The molecule has 2 rings (SSSR count). The molecule has 1 aromatic carbocycles. The number of hydrogen-bond donors (Lipinski definition) is 2. The first kappa shape index (κ1) is 13.9. The van der Waals surface area contributed by atoms with Crippen LogP contribution in [-0.2, 0) is 0 Å². The minimum atomic E-state index is -0.137. The van der Waals surface area contributed by atoms with Gasteiger partial charge in [0.1, 0.15) is 5.03 Å². The van der Waals surface area contributed by atoms with Crippen molar-refractivity contribution in [2.75, 3.05) is 12.8 Å². The molecule has 0 aliphatic carbocycles. The van der Waals surface area contributed by atoms with E-state index in [-0.39, 0.29) is 5.91 Å². The molecule has 0 fully saturated rings. The second-order valence-corrected chi connectivity index (χ2v) is 5.61. The fraction of sp³-hybridized carbons (Fsp3) is 0.0769. The Morgan fingerprint density at radius 3 is 2.89 bits per heavy atom. The number of anilines is 1. The summed E-state index contributed by atoms with van der Waals surface area (Å²) in [5.74, 6) is -0.137. The van der Waals surface area contributed by atoms with Crippen molar-refractivity contribution in [1.29, 1.82) is 0 Å². The summed E-state index contributed by atoms with van der Waals surface area (Å²) >= 11 is 4.86. The van der Waals surface area contributed by atoms with Gasteiger partial charge in [-0.05, 0) is 46.3 Å². The number of aromatic nitrogens is 1. The Bertz CT molecular complexity index is 619. The summed E-state index contributed by atoms with van der Waals surface area (Å²) in [7, 11) is 1.60. The lowest BCUT2D eigenvalue weighted by Crippen LogP contribution is -2.17. The number of benzene rings is 1. The predicted octanol–water partition coefficient (Wildman–Crippen LogP) is 2.94. The van der Waals surface area contributed by atoms with Crippen molar-refractivity contribution < 1.29 is 4.79 Å². The van der Waals surface area contributed by atoms with Crippen LogP contribution in [0.25, 0.3) is 0 Å². The van der Waals surface area contributed by atoms with E-state index in [1.165, 1.54) is 11.8 Å². The Morgan fingerprint density at radius 1 is 1.42 bits per heavy atom. The molecule has 19 heavy (non-hydrogen) atoms. The van der Waals surface area contributed by atoms with Crippen LogP contribution in [0.4, 0.5) is 5.69 Å². The normalized spacial score (nSPS) is 10.2. The highest BCUT2D eigenvalue weighted by Gasteiger charge is 2.10. The smallest absolute Gasteiger partial charge is 0.251 e. The maximum absolute atomic E-state index is 11.6. The molecule has 0 bridgehead atoms. The van der Waals surface area contributed by atoms with E-state index in [9.17, 15) is 4.79 Å². The van der Waals surface area contributed by atoms with Crippen molar-refractivity contribution in [1.82, 2.24) is 10.3 Å². The third-order valence-electron chi connectivity index (χ3n) is 2.43. The largest absolute Gasteiger partial charge is 0.398 e. The number of nitrogens with two attached hydrogens (primary N) is 1. The van der Waals surface area contributed by atoms with E-state index in [1.807, 2.05) is 12.1 Å². The van der Waals surface area contributed by atoms with Crippen molar-refractivity contribution in [3.05, 3.63) is 46.6 Å². The Labute approximate surface area is 123 Å². The van der Waals surface area contributed by atoms with Gasteiger partial charge in [-0.25, -0.2) is 4.98 Å². The number of carbonyl (C=O) groups excluding carboxylic acids is 1. The highest BCUT2D eigenvalue weighted by Crippen LogP contribution is 2.35. The van der Waals surface area contributed by atoms with Crippen LogP contribution < -0.4 is 11.1 Å². The number of pyridine rings is 1. The monoisotopic (exact) mass is 337 g/mol. The SMILES string of the molecule is CNC(=O)c1ccc(N)c(Sc2ncccc2Br)c1. The molecule has 0 spiro atoms. The van der Waals surface area contributed by atoms with Gasteiger partial charge in [0.15, 0.2) is 0 Å². The summed E-state index contributed by atoms with van der Waals surface area (Å²) in [6, 6.07) is 8.95. The van der Waals surface area contributed by atoms with E-state index in [0.717, 1.165) is 14.4 Å². The fourth-order valence-electron chi connectivity index (χ4n) is 1.46. The lowest BCUT2D eigenvalue weighted by atomic mass is 10.2. The maximum atomic E-state index is 11.6. The van der Waals surface area contributed by atoms with Crippen LogP contribution in [-0.4, -0.2) is 17.9 Å². The summed E-state index contributed by atoms with van der Waals surface area (Å²) in [4.78, 5) is 16.7. The average molecular weight is 338 g/mol. The number of rotatable bonds is 3. The van der Waals surface area contributed by atoms with Crippen LogP contribution in [0.15, 0.2) is 50.9 Å². The molecule has 0 saturated heterocycles.